The third-order valence-corrected chi connectivity index (χ3v) is 5.26. The number of hydrogen-bond donors (Lipinski definition) is 2. The number of aromatic nitrogens is 1. The van der Waals surface area contributed by atoms with Crippen LogP contribution in [0.4, 0.5) is 11.4 Å². The molecule has 0 fully saturated rings. The monoisotopic (exact) mass is 471 g/mol. The third-order valence-electron chi connectivity index (χ3n) is 4.54. The molecule has 1 unspecified atom stereocenters. The molecular formula is C22H22IN3O. The molecule has 3 rings (SSSR count). The van der Waals surface area contributed by atoms with Crippen molar-refractivity contribution in [2.45, 2.75) is 26.2 Å². The number of rotatable bonds is 5. The van der Waals surface area contributed by atoms with Gasteiger partial charge in [-0.25, -0.2) is 0 Å². The van der Waals surface area contributed by atoms with Crippen LogP contribution in [0.3, 0.4) is 0 Å². The number of pyridine rings is 1. The van der Waals surface area contributed by atoms with E-state index in [-0.39, 0.29) is 5.91 Å². The molecule has 0 aliphatic rings. The zero-order valence-electron chi connectivity index (χ0n) is 15.4. The van der Waals surface area contributed by atoms with Gasteiger partial charge in [-0.2, -0.15) is 0 Å². The maximum Gasteiger partial charge on any atom is 0.248 e. The number of fused-ring (bicyclic) bond motifs is 1. The number of nitrogens with two attached hydrogens (primary N) is 1. The Balaban J connectivity index is 1.77. The van der Waals surface area contributed by atoms with Gasteiger partial charge in [-0.05, 0) is 83.0 Å². The number of anilines is 2. The Hall–Kier alpha value is -2.41. The van der Waals surface area contributed by atoms with Gasteiger partial charge in [0.15, 0.2) is 0 Å². The molecule has 5 heteroatoms. The predicted octanol–water partition coefficient (Wildman–Crippen LogP) is 5.59. The summed E-state index contributed by atoms with van der Waals surface area (Å²) < 4.78 is 1.16. The van der Waals surface area contributed by atoms with Crippen molar-refractivity contribution in [2.75, 3.05) is 11.1 Å². The number of nitrogens with zero attached hydrogens (tertiary/aromatic N) is 1. The number of nitrogen functional groups attached to an aromatic ring is 1. The topological polar surface area (TPSA) is 68.0 Å². The number of carbonyl (C=O) groups is 1. The van der Waals surface area contributed by atoms with Gasteiger partial charge in [0.25, 0.3) is 0 Å². The lowest BCUT2D eigenvalue weighted by atomic mass is 10.0. The summed E-state index contributed by atoms with van der Waals surface area (Å²) in [5, 5.41) is 3.73. The van der Waals surface area contributed by atoms with E-state index >= 15 is 0 Å². The largest absolute Gasteiger partial charge is 0.398 e. The number of halogens is 1. The average molecular weight is 471 g/mol. The van der Waals surface area contributed by atoms with E-state index < -0.39 is 0 Å². The van der Waals surface area contributed by atoms with Gasteiger partial charge in [0.1, 0.15) is 0 Å². The van der Waals surface area contributed by atoms with Crippen LogP contribution in [0.5, 0.6) is 0 Å². The van der Waals surface area contributed by atoms with Crippen LogP contribution in [-0.2, 0) is 4.79 Å². The zero-order valence-corrected chi connectivity index (χ0v) is 17.5. The van der Waals surface area contributed by atoms with Gasteiger partial charge in [0, 0.05) is 32.1 Å². The van der Waals surface area contributed by atoms with E-state index in [4.69, 9.17) is 10.7 Å². The highest BCUT2D eigenvalue weighted by Crippen LogP contribution is 2.27. The Morgan fingerprint density at radius 3 is 2.67 bits per heavy atom. The first-order chi connectivity index (χ1) is 13.0. The average Bonchev–Trinajstić information content (AvgIpc) is 2.67. The lowest BCUT2D eigenvalue weighted by molar-refractivity contribution is -0.111. The quantitative estimate of drug-likeness (QED) is 0.377. The van der Waals surface area contributed by atoms with Gasteiger partial charge in [-0.15, -0.1) is 0 Å². The minimum absolute atomic E-state index is 0.185. The first-order valence-corrected chi connectivity index (χ1v) is 9.99. The summed E-state index contributed by atoms with van der Waals surface area (Å²) in [7, 11) is 0. The number of hydrogen-bond acceptors (Lipinski definition) is 3. The van der Waals surface area contributed by atoms with Crippen molar-refractivity contribution >= 4 is 56.9 Å². The first-order valence-electron chi connectivity index (χ1n) is 8.91. The highest BCUT2D eigenvalue weighted by atomic mass is 127. The molecule has 0 saturated carbocycles. The zero-order chi connectivity index (χ0) is 19.4. The number of carbonyl (C=O) groups excluding carboxylic acids is 1. The van der Waals surface area contributed by atoms with Crippen LogP contribution >= 0.6 is 22.6 Å². The highest BCUT2D eigenvalue weighted by Gasteiger charge is 2.10. The summed E-state index contributed by atoms with van der Waals surface area (Å²) in [5.74, 6) is 0.179. The summed E-state index contributed by atoms with van der Waals surface area (Å²) in [6.45, 7) is 4.28. The molecular weight excluding hydrogens is 449 g/mol. The number of benzene rings is 2. The summed E-state index contributed by atoms with van der Waals surface area (Å²) in [5.41, 5.74) is 10.4. The molecule has 27 heavy (non-hydrogen) atoms. The van der Waals surface area contributed by atoms with Gasteiger partial charge in [0.05, 0.1) is 5.52 Å². The fourth-order valence-corrected chi connectivity index (χ4v) is 3.10. The molecule has 4 nitrogen and oxygen atoms in total. The van der Waals surface area contributed by atoms with Gasteiger partial charge in [0.2, 0.25) is 5.91 Å². The minimum atomic E-state index is -0.185. The molecule has 0 aliphatic heterocycles. The normalized spacial score (nSPS) is 12.4. The fourth-order valence-electron chi connectivity index (χ4n) is 2.74. The van der Waals surface area contributed by atoms with E-state index in [9.17, 15) is 4.79 Å². The molecule has 1 aromatic heterocycles. The van der Waals surface area contributed by atoms with Crippen LogP contribution in [0, 0.1) is 3.57 Å². The second-order valence-electron chi connectivity index (χ2n) is 6.55. The Morgan fingerprint density at radius 2 is 1.96 bits per heavy atom. The van der Waals surface area contributed by atoms with Crippen molar-refractivity contribution < 1.29 is 4.79 Å². The van der Waals surface area contributed by atoms with Gasteiger partial charge >= 0.3 is 0 Å². The first kappa shape index (κ1) is 19.4. The van der Waals surface area contributed by atoms with Crippen molar-refractivity contribution in [1.29, 1.82) is 0 Å². The van der Waals surface area contributed by atoms with Gasteiger partial charge in [-0.3, -0.25) is 9.78 Å². The maximum atomic E-state index is 12.2. The van der Waals surface area contributed by atoms with E-state index in [1.165, 1.54) is 6.08 Å². The van der Waals surface area contributed by atoms with Crippen LogP contribution in [0.2, 0.25) is 0 Å². The van der Waals surface area contributed by atoms with Crippen LogP contribution < -0.4 is 11.1 Å². The molecule has 138 valence electrons. The van der Waals surface area contributed by atoms with Gasteiger partial charge in [-0.1, -0.05) is 26.0 Å². The lowest BCUT2D eigenvalue weighted by Crippen LogP contribution is -2.08. The Labute approximate surface area is 173 Å². The fraction of sp³-hybridized carbons (Fsp3) is 0.182. The highest BCUT2D eigenvalue weighted by molar-refractivity contribution is 14.1. The smallest absolute Gasteiger partial charge is 0.248 e. The molecule has 0 radical (unpaired) electrons. The molecule has 3 N–H and O–H groups in total. The van der Waals surface area contributed by atoms with Crippen molar-refractivity contribution in [3.8, 4) is 0 Å². The third kappa shape index (κ3) is 4.86. The van der Waals surface area contributed by atoms with E-state index in [1.807, 2.05) is 48.5 Å². The molecule has 0 saturated heterocycles. The van der Waals surface area contributed by atoms with E-state index in [1.54, 1.807) is 6.08 Å². The standard InChI is InChI=1S/C22H22IN3O/c1-3-14(2)21-13-19(24)18-12-17(9-10-20(18)26-21)25-22(27)11-6-15-4-7-16(23)8-5-15/h4-14H,3H2,1-2H3,(H2,24,26)(H,25,27)/b11-6+. The van der Waals surface area contributed by atoms with Crippen molar-refractivity contribution in [2.24, 2.45) is 0 Å². The van der Waals surface area contributed by atoms with Crippen LogP contribution in [0.25, 0.3) is 17.0 Å². The Bertz CT molecular complexity index is 996. The van der Waals surface area contributed by atoms with Crippen LogP contribution in [0.15, 0.2) is 54.6 Å². The summed E-state index contributed by atoms with van der Waals surface area (Å²) in [4.78, 5) is 16.9. The summed E-state index contributed by atoms with van der Waals surface area (Å²) in [6.07, 6.45) is 4.33. The van der Waals surface area contributed by atoms with Crippen LogP contribution in [0.1, 0.15) is 37.4 Å². The van der Waals surface area contributed by atoms with Crippen molar-refractivity contribution in [3.63, 3.8) is 0 Å². The molecule has 0 bridgehead atoms. The van der Waals surface area contributed by atoms with Crippen LogP contribution in [-0.4, -0.2) is 10.9 Å². The SMILES string of the molecule is CCC(C)c1cc(N)c2cc(NC(=O)/C=C/c3ccc(I)cc3)ccc2n1. The summed E-state index contributed by atoms with van der Waals surface area (Å²) >= 11 is 2.25. The minimum Gasteiger partial charge on any atom is -0.398 e. The number of nitrogens with one attached hydrogen (secondary N) is 1. The molecule has 2 aromatic carbocycles. The molecule has 0 spiro atoms. The Kier molecular flexibility index (Phi) is 6.11. The summed E-state index contributed by atoms with van der Waals surface area (Å²) in [6, 6.07) is 15.5. The molecule has 0 aliphatic carbocycles. The Morgan fingerprint density at radius 1 is 1.22 bits per heavy atom. The van der Waals surface area contributed by atoms with Crippen molar-refractivity contribution in [3.05, 3.63) is 69.4 Å². The molecule has 1 atom stereocenters. The number of amides is 1. The van der Waals surface area contributed by atoms with E-state index in [2.05, 4.69) is 41.8 Å². The molecule has 1 amide bonds. The maximum absolute atomic E-state index is 12.2. The van der Waals surface area contributed by atoms with Gasteiger partial charge < -0.3 is 11.1 Å². The lowest BCUT2D eigenvalue weighted by Gasteiger charge is -2.12. The predicted molar refractivity (Wildman–Crippen MR) is 122 cm³/mol. The van der Waals surface area contributed by atoms with E-state index in [0.717, 1.165) is 32.2 Å². The molecule has 1 heterocycles. The second kappa shape index (κ2) is 8.52. The van der Waals surface area contributed by atoms with E-state index in [0.29, 0.717) is 17.3 Å². The molecule has 3 aromatic rings. The van der Waals surface area contributed by atoms with Crippen molar-refractivity contribution in [1.82, 2.24) is 4.98 Å². The second-order valence-corrected chi connectivity index (χ2v) is 7.80.